The number of carboxylic acid groups (broad SMARTS) is 1. The molecule has 2 aromatic rings. The van der Waals surface area contributed by atoms with Crippen molar-refractivity contribution in [2.75, 3.05) is 14.2 Å². The van der Waals surface area contributed by atoms with Gasteiger partial charge in [0.25, 0.3) is 0 Å². The van der Waals surface area contributed by atoms with Gasteiger partial charge in [0.2, 0.25) is 0 Å². The topological polar surface area (TPSA) is 73.6 Å². The van der Waals surface area contributed by atoms with Crippen molar-refractivity contribution in [1.82, 2.24) is 9.78 Å². The molecule has 0 unspecified atom stereocenters. The van der Waals surface area contributed by atoms with E-state index in [9.17, 15) is 4.79 Å². The highest BCUT2D eigenvalue weighted by atomic mass is 16.5. The highest BCUT2D eigenvalue weighted by Gasteiger charge is 2.15. The van der Waals surface area contributed by atoms with Gasteiger partial charge in [-0.1, -0.05) is 0 Å². The molecule has 0 saturated heterocycles. The van der Waals surface area contributed by atoms with Gasteiger partial charge in [-0.05, 0) is 25.1 Å². The van der Waals surface area contributed by atoms with Crippen LogP contribution in [-0.2, 0) is 0 Å². The summed E-state index contributed by atoms with van der Waals surface area (Å²) in [6.45, 7) is 1.78. The maximum atomic E-state index is 10.9. The van der Waals surface area contributed by atoms with E-state index >= 15 is 0 Å². The van der Waals surface area contributed by atoms with Gasteiger partial charge >= 0.3 is 5.97 Å². The third kappa shape index (κ3) is 2.37. The predicted octanol–water partition coefficient (Wildman–Crippen LogP) is 1.90. The lowest BCUT2D eigenvalue weighted by atomic mass is 10.2. The Labute approximate surface area is 110 Å². The maximum absolute atomic E-state index is 10.9. The first-order valence-corrected chi connectivity index (χ1v) is 5.59. The number of aryl methyl sites for hydroxylation is 1. The molecule has 0 spiro atoms. The molecular formula is C13H14N2O4. The number of nitrogens with zero attached hydrogens (tertiary/aromatic N) is 2. The number of ether oxygens (including phenoxy) is 2. The lowest BCUT2D eigenvalue weighted by molar-refractivity contribution is 0.0690. The second-order valence-electron chi connectivity index (χ2n) is 3.93. The molecule has 6 heteroatoms. The van der Waals surface area contributed by atoms with Crippen molar-refractivity contribution in [2.24, 2.45) is 0 Å². The number of hydrogen-bond acceptors (Lipinski definition) is 4. The Bertz CT molecular complexity index is 619. The molecule has 0 atom stereocenters. The number of aromatic nitrogens is 2. The van der Waals surface area contributed by atoms with Crippen molar-refractivity contribution in [1.29, 1.82) is 0 Å². The van der Waals surface area contributed by atoms with E-state index in [1.807, 2.05) is 0 Å². The normalized spacial score (nSPS) is 10.3. The molecule has 100 valence electrons. The molecule has 19 heavy (non-hydrogen) atoms. The summed E-state index contributed by atoms with van der Waals surface area (Å²) in [4.78, 5) is 10.9. The monoisotopic (exact) mass is 262 g/mol. The molecule has 1 heterocycles. The van der Waals surface area contributed by atoms with Crippen LogP contribution in [0.2, 0.25) is 0 Å². The van der Waals surface area contributed by atoms with Crippen LogP contribution in [0.15, 0.2) is 24.3 Å². The van der Waals surface area contributed by atoms with Crippen LogP contribution in [0.1, 0.15) is 16.2 Å². The number of carboxylic acids is 1. The zero-order valence-corrected chi connectivity index (χ0v) is 10.9. The lowest BCUT2D eigenvalue weighted by Gasteiger charge is -2.11. The van der Waals surface area contributed by atoms with Crippen LogP contribution in [0.5, 0.6) is 11.5 Å². The molecule has 2 rings (SSSR count). The number of methoxy groups -OCH3 is 2. The highest BCUT2D eigenvalue weighted by molar-refractivity contribution is 5.85. The summed E-state index contributed by atoms with van der Waals surface area (Å²) < 4.78 is 11.9. The quantitative estimate of drug-likeness (QED) is 0.910. The minimum absolute atomic E-state index is 0.0117. The first kappa shape index (κ1) is 12.9. The Kier molecular flexibility index (Phi) is 3.41. The van der Waals surface area contributed by atoms with Crippen LogP contribution in [-0.4, -0.2) is 35.1 Å². The van der Waals surface area contributed by atoms with Crippen molar-refractivity contribution in [3.63, 3.8) is 0 Å². The SMILES string of the molecule is COc1ccc(OC)c(-n2nc(C(=O)O)cc2C)c1. The van der Waals surface area contributed by atoms with Crippen molar-refractivity contribution in [2.45, 2.75) is 6.92 Å². The van der Waals surface area contributed by atoms with Gasteiger partial charge in [-0.25, -0.2) is 9.48 Å². The minimum atomic E-state index is -1.07. The summed E-state index contributed by atoms with van der Waals surface area (Å²) in [5, 5.41) is 13.0. The van der Waals surface area contributed by atoms with E-state index in [0.717, 1.165) is 0 Å². The molecular weight excluding hydrogens is 248 g/mol. The van der Waals surface area contributed by atoms with E-state index in [-0.39, 0.29) is 5.69 Å². The third-order valence-electron chi connectivity index (χ3n) is 2.72. The average molecular weight is 262 g/mol. The van der Waals surface area contributed by atoms with Gasteiger partial charge in [-0.2, -0.15) is 5.10 Å². The molecule has 1 N–H and O–H groups in total. The first-order valence-electron chi connectivity index (χ1n) is 5.59. The van der Waals surface area contributed by atoms with Crippen LogP contribution < -0.4 is 9.47 Å². The van der Waals surface area contributed by atoms with Crippen LogP contribution in [0.3, 0.4) is 0 Å². The van der Waals surface area contributed by atoms with E-state index in [0.29, 0.717) is 22.9 Å². The van der Waals surface area contributed by atoms with Crippen molar-refractivity contribution >= 4 is 5.97 Å². The first-order chi connectivity index (χ1) is 9.06. The fourth-order valence-electron chi connectivity index (χ4n) is 1.79. The largest absolute Gasteiger partial charge is 0.497 e. The Morgan fingerprint density at radius 1 is 1.26 bits per heavy atom. The van der Waals surface area contributed by atoms with Crippen molar-refractivity contribution in [3.05, 3.63) is 35.7 Å². The van der Waals surface area contributed by atoms with Gasteiger partial charge in [0.05, 0.1) is 14.2 Å². The molecule has 1 aromatic heterocycles. The summed E-state index contributed by atoms with van der Waals surface area (Å²) in [5.41, 5.74) is 1.32. The number of benzene rings is 1. The summed E-state index contributed by atoms with van der Waals surface area (Å²) in [6.07, 6.45) is 0. The molecule has 0 saturated carbocycles. The number of aromatic carboxylic acids is 1. The summed E-state index contributed by atoms with van der Waals surface area (Å²) in [5.74, 6) is 0.162. The summed E-state index contributed by atoms with van der Waals surface area (Å²) >= 11 is 0. The summed E-state index contributed by atoms with van der Waals surface area (Å²) in [6, 6.07) is 6.75. The van der Waals surface area contributed by atoms with E-state index in [4.69, 9.17) is 14.6 Å². The molecule has 0 bridgehead atoms. The number of carbonyl (C=O) groups is 1. The standard InChI is InChI=1S/C13H14N2O4/c1-8-6-10(13(16)17)14-15(8)11-7-9(18-2)4-5-12(11)19-3/h4-7H,1-3H3,(H,16,17). The highest BCUT2D eigenvalue weighted by Crippen LogP contribution is 2.28. The van der Waals surface area contributed by atoms with Gasteiger partial charge < -0.3 is 14.6 Å². The average Bonchev–Trinajstić information content (AvgIpc) is 2.80. The molecule has 0 aliphatic rings. The van der Waals surface area contributed by atoms with Crippen molar-refractivity contribution < 1.29 is 19.4 Å². The van der Waals surface area contributed by atoms with Crippen molar-refractivity contribution in [3.8, 4) is 17.2 Å². The molecule has 0 aliphatic carbocycles. The zero-order valence-electron chi connectivity index (χ0n) is 10.9. The molecule has 0 amide bonds. The predicted molar refractivity (Wildman–Crippen MR) is 68.4 cm³/mol. The third-order valence-corrected chi connectivity index (χ3v) is 2.72. The van der Waals surface area contributed by atoms with E-state index in [1.165, 1.54) is 10.7 Å². The Balaban J connectivity index is 2.59. The van der Waals surface area contributed by atoms with Gasteiger partial charge in [0.1, 0.15) is 17.2 Å². The second kappa shape index (κ2) is 5.01. The van der Waals surface area contributed by atoms with Crippen LogP contribution in [0, 0.1) is 6.92 Å². The van der Waals surface area contributed by atoms with Gasteiger partial charge in [0, 0.05) is 11.8 Å². The Morgan fingerprint density at radius 2 is 2.00 bits per heavy atom. The second-order valence-corrected chi connectivity index (χ2v) is 3.93. The number of rotatable bonds is 4. The maximum Gasteiger partial charge on any atom is 0.356 e. The van der Waals surface area contributed by atoms with Gasteiger partial charge in [-0.15, -0.1) is 0 Å². The minimum Gasteiger partial charge on any atom is -0.497 e. The van der Waals surface area contributed by atoms with Gasteiger partial charge in [0.15, 0.2) is 5.69 Å². The van der Waals surface area contributed by atoms with Crippen LogP contribution in [0.4, 0.5) is 0 Å². The molecule has 6 nitrogen and oxygen atoms in total. The molecule has 0 radical (unpaired) electrons. The summed E-state index contributed by atoms with van der Waals surface area (Å²) in [7, 11) is 3.10. The van der Waals surface area contributed by atoms with Gasteiger partial charge in [-0.3, -0.25) is 0 Å². The lowest BCUT2D eigenvalue weighted by Crippen LogP contribution is -2.04. The zero-order chi connectivity index (χ0) is 14.0. The molecule has 0 fully saturated rings. The number of hydrogen-bond donors (Lipinski definition) is 1. The fourth-order valence-corrected chi connectivity index (χ4v) is 1.79. The Hall–Kier alpha value is -2.50. The van der Waals surface area contributed by atoms with E-state index < -0.39 is 5.97 Å². The smallest absolute Gasteiger partial charge is 0.356 e. The van der Waals surface area contributed by atoms with Crippen LogP contribution >= 0.6 is 0 Å². The Morgan fingerprint density at radius 3 is 2.53 bits per heavy atom. The van der Waals surface area contributed by atoms with Crippen LogP contribution in [0.25, 0.3) is 5.69 Å². The molecule has 0 aliphatic heterocycles. The fraction of sp³-hybridized carbons (Fsp3) is 0.231. The van der Waals surface area contributed by atoms with E-state index in [2.05, 4.69) is 5.10 Å². The van der Waals surface area contributed by atoms with E-state index in [1.54, 1.807) is 39.3 Å². The molecule has 1 aromatic carbocycles.